The summed E-state index contributed by atoms with van der Waals surface area (Å²) >= 11 is 0. The van der Waals surface area contributed by atoms with E-state index < -0.39 is 0 Å². The summed E-state index contributed by atoms with van der Waals surface area (Å²) in [6.45, 7) is 8.43. The zero-order chi connectivity index (χ0) is 25.4. The lowest BCUT2D eigenvalue weighted by molar-refractivity contribution is -0.131. The van der Waals surface area contributed by atoms with Crippen molar-refractivity contribution in [1.82, 2.24) is 19.9 Å². The maximum atomic E-state index is 13.8. The molecule has 0 spiro atoms. The Balaban J connectivity index is 1.32. The highest BCUT2D eigenvalue weighted by Crippen LogP contribution is 2.41. The van der Waals surface area contributed by atoms with Crippen LogP contribution in [-0.2, 0) is 17.6 Å². The molecule has 0 radical (unpaired) electrons. The molecule has 5 rings (SSSR count). The first kappa shape index (κ1) is 24.3. The average Bonchev–Trinajstić information content (AvgIpc) is 3.64. The number of carbonyl (C=O) groups is 2. The normalized spacial score (nSPS) is 16.4. The number of hydrogen-bond donors (Lipinski definition) is 0. The van der Waals surface area contributed by atoms with Crippen molar-refractivity contribution in [2.75, 3.05) is 33.3 Å². The van der Waals surface area contributed by atoms with Crippen molar-refractivity contribution in [2.24, 2.45) is 5.41 Å². The van der Waals surface area contributed by atoms with Crippen molar-refractivity contribution >= 4 is 22.9 Å². The molecule has 0 N–H and O–H groups in total. The van der Waals surface area contributed by atoms with E-state index >= 15 is 0 Å². The summed E-state index contributed by atoms with van der Waals surface area (Å²) in [4.78, 5) is 35.1. The predicted octanol–water partition coefficient (Wildman–Crippen LogP) is 4.22. The Hall–Kier alpha value is -3.42. The standard InChI is InChI=1S/C28H34N4O4/c1-28(2,3)17-23-25-21(16-22(19-8-9-19)29-26(25)36-30-23)27(34)32-12-10-31(11-13-32)24(33)15-18-6-5-7-20(14-18)35-4/h5-7,14,16,19H,8-13,15,17H2,1-4H3. The van der Waals surface area contributed by atoms with Crippen LogP contribution in [0.5, 0.6) is 5.75 Å². The zero-order valence-electron chi connectivity index (χ0n) is 21.5. The topological polar surface area (TPSA) is 88.8 Å². The fourth-order valence-electron chi connectivity index (χ4n) is 4.81. The monoisotopic (exact) mass is 490 g/mol. The van der Waals surface area contributed by atoms with Gasteiger partial charge in [-0.3, -0.25) is 9.59 Å². The summed E-state index contributed by atoms with van der Waals surface area (Å²) < 4.78 is 10.9. The van der Waals surface area contributed by atoms with E-state index in [1.807, 2.05) is 40.1 Å². The van der Waals surface area contributed by atoms with Gasteiger partial charge >= 0.3 is 0 Å². The van der Waals surface area contributed by atoms with Crippen LogP contribution in [0.4, 0.5) is 0 Å². The number of rotatable bonds is 6. The van der Waals surface area contributed by atoms with Gasteiger partial charge in [0.2, 0.25) is 5.91 Å². The highest BCUT2D eigenvalue weighted by molar-refractivity contribution is 6.06. The molecule has 36 heavy (non-hydrogen) atoms. The Kier molecular flexibility index (Phi) is 6.45. The number of carbonyl (C=O) groups excluding carboxylic acids is 2. The number of fused-ring (bicyclic) bond motifs is 1. The van der Waals surface area contributed by atoms with E-state index in [0.29, 0.717) is 56.2 Å². The van der Waals surface area contributed by atoms with Gasteiger partial charge in [0, 0.05) is 37.8 Å². The predicted molar refractivity (Wildman–Crippen MR) is 136 cm³/mol. The lowest BCUT2D eigenvalue weighted by atomic mass is 9.89. The summed E-state index contributed by atoms with van der Waals surface area (Å²) in [5.74, 6) is 1.15. The number of amides is 2. The second-order valence-corrected chi connectivity index (χ2v) is 11.1. The minimum atomic E-state index is -0.0393. The molecule has 3 heterocycles. The number of hydrogen-bond acceptors (Lipinski definition) is 6. The molecule has 1 aromatic carbocycles. The summed E-state index contributed by atoms with van der Waals surface area (Å²) in [6.07, 6.45) is 3.18. The molecular weight excluding hydrogens is 456 g/mol. The Labute approximate surface area is 211 Å². The van der Waals surface area contributed by atoms with Crippen LogP contribution in [0.3, 0.4) is 0 Å². The first-order valence-electron chi connectivity index (χ1n) is 12.7. The molecule has 190 valence electrons. The maximum Gasteiger partial charge on any atom is 0.259 e. The van der Waals surface area contributed by atoms with Crippen molar-refractivity contribution in [2.45, 2.75) is 52.4 Å². The Bertz CT molecular complexity index is 1280. The second kappa shape index (κ2) is 9.56. The van der Waals surface area contributed by atoms with E-state index in [1.165, 1.54) is 0 Å². The van der Waals surface area contributed by atoms with Gasteiger partial charge in [-0.2, -0.15) is 0 Å². The minimum Gasteiger partial charge on any atom is -0.497 e. The van der Waals surface area contributed by atoms with E-state index in [2.05, 4.69) is 25.9 Å². The van der Waals surface area contributed by atoms with E-state index in [-0.39, 0.29) is 17.2 Å². The molecule has 8 heteroatoms. The number of benzene rings is 1. The summed E-state index contributed by atoms with van der Waals surface area (Å²) in [5, 5.41) is 5.04. The van der Waals surface area contributed by atoms with Crippen LogP contribution in [0.25, 0.3) is 11.1 Å². The van der Waals surface area contributed by atoms with Crippen LogP contribution >= 0.6 is 0 Å². The molecule has 2 amide bonds. The smallest absolute Gasteiger partial charge is 0.259 e. The van der Waals surface area contributed by atoms with Crippen molar-refractivity contribution in [1.29, 1.82) is 0 Å². The van der Waals surface area contributed by atoms with E-state index in [0.717, 1.165) is 40.9 Å². The van der Waals surface area contributed by atoms with Crippen LogP contribution < -0.4 is 4.74 Å². The quantitative estimate of drug-likeness (QED) is 0.514. The van der Waals surface area contributed by atoms with Gasteiger partial charge in [0.25, 0.3) is 11.6 Å². The summed E-state index contributed by atoms with van der Waals surface area (Å²) in [7, 11) is 1.62. The lowest BCUT2D eigenvalue weighted by Gasteiger charge is -2.35. The minimum absolute atomic E-state index is 0.00591. The fraction of sp³-hybridized carbons (Fsp3) is 0.500. The number of nitrogens with zero attached hydrogens (tertiary/aromatic N) is 4. The van der Waals surface area contributed by atoms with Gasteiger partial charge < -0.3 is 19.1 Å². The lowest BCUT2D eigenvalue weighted by Crippen LogP contribution is -2.51. The van der Waals surface area contributed by atoms with Crippen LogP contribution in [-0.4, -0.2) is 65.0 Å². The molecule has 1 saturated carbocycles. The molecule has 1 aliphatic carbocycles. The number of ether oxygens (including phenoxy) is 1. The van der Waals surface area contributed by atoms with E-state index in [9.17, 15) is 9.59 Å². The summed E-state index contributed by atoms with van der Waals surface area (Å²) in [5.41, 5.74) is 3.68. The van der Waals surface area contributed by atoms with Crippen molar-refractivity contribution < 1.29 is 18.8 Å². The largest absolute Gasteiger partial charge is 0.497 e. The van der Waals surface area contributed by atoms with Gasteiger partial charge in [0.1, 0.15) is 5.75 Å². The van der Waals surface area contributed by atoms with Crippen molar-refractivity contribution in [3.8, 4) is 5.75 Å². The molecule has 0 unspecified atom stereocenters. The third kappa shape index (κ3) is 5.22. The Morgan fingerprint density at radius 2 is 1.81 bits per heavy atom. The van der Waals surface area contributed by atoms with Crippen LogP contribution in [0.15, 0.2) is 34.9 Å². The van der Waals surface area contributed by atoms with Crippen molar-refractivity contribution in [3.63, 3.8) is 0 Å². The Morgan fingerprint density at radius 3 is 2.47 bits per heavy atom. The van der Waals surface area contributed by atoms with E-state index in [1.54, 1.807) is 7.11 Å². The third-order valence-electron chi connectivity index (χ3n) is 6.87. The number of piperazine rings is 1. The van der Waals surface area contributed by atoms with Gasteiger partial charge in [0.15, 0.2) is 0 Å². The molecule has 2 fully saturated rings. The number of aromatic nitrogens is 2. The summed E-state index contributed by atoms with van der Waals surface area (Å²) in [6, 6.07) is 9.53. The van der Waals surface area contributed by atoms with Crippen LogP contribution in [0.1, 0.15) is 66.8 Å². The third-order valence-corrected chi connectivity index (χ3v) is 6.87. The molecule has 1 aliphatic heterocycles. The molecule has 3 aromatic rings. The molecule has 0 atom stereocenters. The molecule has 8 nitrogen and oxygen atoms in total. The fourth-order valence-corrected chi connectivity index (χ4v) is 4.81. The van der Waals surface area contributed by atoms with E-state index in [4.69, 9.17) is 14.2 Å². The first-order valence-corrected chi connectivity index (χ1v) is 12.7. The second-order valence-electron chi connectivity index (χ2n) is 11.1. The maximum absolute atomic E-state index is 13.8. The SMILES string of the molecule is COc1cccc(CC(=O)N2CCN(C(=O)c3cc(C4CC4)nc4onc(CC(C)(C)C)c34)CC2)c1. The van der Waals surface area contributed by atoms with Gasteiger partial charge in [-0.15, -0.1) is 0 Å². The first-order chi connectivity index (χ1) is 17.2. The molecular formula is C28H34N4O4. The molecule has 1 saturated heterocycles. The average molecular weight is 491 g/mol. The van der Waals surface area contributed by atoms with Gasteiger partial charge in [0.05, 0.1) is 30.2 Å². The van der Waals surface area contributed by atoms with Gasteiger partial charge in [-0.25, -0.2) is 4.98 Å². The van der Waals surface area contributed by atoms with Gasteiger partial charge in [-0.05, 0) is 48.4 Å². The highest BCUT2D eigenvalue weighted by atomic mass is 16.5. The number of pyridine rings is 1. The zero-order valence-corrected chi connectivity index (χ0v) is 21.5. The Morgan fingerprint density at radius 1 is 1.08 bits per heavy atom. The van der Waals surface area contributed by atoms with Crippen LogP contribution in [0.2, 0.25) is 0 Å². The molecule has 2 aromatic heterocycles. The van der Waals surface area contributed by atoms with Gasteiger partial charge in [-0.1, -0.05) is 38.1 Å². The van der Waals surface area contributed by atoms with Crippen LogP contribution in [0, 0.1) is 5.41 Å². The molecule has 0 bridgehead atoms. The number of methoxy groups -OCH3 is 1. The van der Waals surface area contributed by atoms with Crippen molar-refractivity contribution in [3.05, 3.63) is 52.8 Å². The highest BCUT2D eigenvalue weighted by Gasteiger charge is 2.32. The molecule has 2 aliphatic rings.